The lowest BCUT2D eigenvalue weighted by Gasteiger charge is -2.43. The first-order valence-corrected chi connectivity index (χ1v) is 15.6. The van der Waals surface area contributed by atoms with Crippen LogP contribution in [0.5, 0.6) is 11.5 Å². The molecular weight excluding hydrogens is 479 g/mol. The van der Waals surface area contributed by atoms with Crippen LogP contribution in [0.4, 0.5) is 4.39 Å². The molecule has 2 aromatic carbocycles. The summed E-state index contributed by atoms with van der Waals surface area (Å²) < 4.78 is 12.4. The summed E-state index contributed by atoms with van der Waals surface area (Å²) in [7, 11) is 0. The molecule has 0 spiro atoms. The number of fused-ring (bicyclic) bond motifs is 1. The third kappa shape index (κ3) is 8.40. The van der Waals surface area contributed by atoms with E-state index >= 15 is 0 Å². The van der Waals surface area contributed by atoms with E-state index in [1.54, 1.807) is 0 Å². The van der Waals surface area contributed by atoms with Crippen LogP contribution in [-0.4, -0.2) is 22.6 Å². The van der Waals surface area contributed by atoms with Crippen molar-refractivity contribution < 1.29 is 14.6 Å². The molecule has 2 aromatic rings. The smallest absolute Gasteiger partial charge is 0.116 e. The second-order valence-electron chi connectivity index (χ2n) is 11.9. The zero-order valence-corrected chi connectivity index (χ0v) is 24.2. The molecule has 1 heterocycles. The monoisotopic (exact) mass is 528 g/mol. The number of hydrogen-bond acceptors (Lipinski definition) is 3. The third-order valence-electron chi connectivity index (χ3n) is 8.99. The molecule has 0 aliphatic carbocycles. The van der Waals surface area contributed by atoms with Crippen molar-refractivity contribution >= 4 is 11.8 Å². The summed E-state index contributed by atoms with van der Waals surface area (Å²) in [5.74, 6) is 2.03. The van der Waals surface area contributed by atoms with Crippen LogP contribution in [0, 0.1) is 5.41 Å². The van der Waals surface area contributed by atoms with Crippen LogP contribution in [-0.2, 0) is 5.41 Å². The number of halogens is 1. The molecule has 1 aliphatic heterocycles. The first-order chi connectivity index (χ1) is 17.8. The summed E-state index contributed by atoms with van der Waals surface area (Å²) in [5, 5.41) is 19.9. The number of phenolic OH excluding ortho intramolecular Hbond substituents is 2. The number of aromatic hydroxyl groups is 2. The Balaban J connectivity index is 1.48. The maximum Gasteiger partial charge on any atom is 0.116 e. The Labute approximate surface area is 229 Å². The molecule has 0 aromatic heterocycles. The zero-order chi connectivity index (χ0) is 26.7. The van der Waals surface area contributed by atoms with Gasteiger partial charge in [0.25, 0.3) is 0 Å². The van der Waals surface area contributed by atoms with Crippen molar-refractivity contribution in [2.24, 2.45) is 5.41 Å². The number of thioether (sulfide) groups is 1. The van der Waals surface area contributed by atoms with Gasteiger partial charge in [0.1, 0.15) is 11.5 Å². The fourth-order valence-corrected chi connectivity index (χ4v) is 7.52. The van der Waals surface area contributed by atoms with Crippen molar-refractivity contribution in [1.29, 1.82) is 0 Å². The number of rotatable bonds is 16. The summed E-state index contributed by atoms with van der Waals surface area (Å²) in [5.41, 5.74) is 3.06. The van der Waals surface area contributed by atoms with Gasteiger partial charge in [0.2, 0.25) is 0 Å². The van der Waals surface area contributed by atoms with Crippen molar-refractivity contribution in [3.05, 3.63) is 53.6 Å². The lowest BCUT2D eigenvalue weighted by atomic mass is 9.68. The highest BCUT2D eigenvalue weighted by Crippen LogP contribution is 2.52. The molecule has 0 saturated heterocycles. The largest absolute Gasteiger partial charge is 0.508 e. The Morgan fingerprint density at radius 2 is 1.46 bits per heavy atom. The fraction of sp³-hybridized carbons (Fsp3) is 0.636. The Morgan fingerprint density at radius 1 is 0.865 bits per heavy atom. The molecule has 3 rings (SSSR count). The lowest BCUT2D eigenvalue weighted by molar-refractivity contribution is 0.239. The summed E-state index contributed by atoms with van der Waals surface area (Å²) >= 11 is 1.84. The van der Waals surface area contributed by atoms with Gasteiger partial charge in [-0.25, -0.2) is 0 Å². The Kier molecular flexibility index (Phi) is 11.7. The summed E-state index contributed by atoms with van der Waals surface area (Å²) in [6.45, 7) is 6.93. The minimum absolute atomic E-state index is 0.00283. The summed E-state index contributed by atoms with van der Waals surface area (Å²) in [4.78, 5) is 1.21. The van der Waals surface area contributed by atoms with Crippen LogP contribution in [0.25, 0.3) is 0 Å². The van der Waals surface area contributed by atoms with E-state index in [2.05, 4.69) is 39.0 Å². The second-order valence-corrected chi connectivity index (χ2v) is 12.9. The van der Waals surface area contributed by atoms with Gasteiger partial charge in [0.05, 0.1) is 6.67 Å². The zero-order valence-electron chi connectivity index (χ0n) is 23.4. The van der Waals surface area contributed by atoms with Gasteiger partial charge >= 0.3 is 0 Å². The number of hydrogen-bond donors (Lipinski definition) is 2. The Bertz CT molecular complexity index is 946. The highest BCUT2D eigenvalue weighted by atomic mass is 32.2. The molecule has 37 heavy (non-hydrogen) atoms. The minimum Gasteiger partial charge on any atom is -0.508 e. The highest BCUT2D eigenvalue weighted by molar-refractivity contribution is 7.99. The molecule has 2 unspecified atom stereocenters. The molecular formula is C33H49FO2S. The molecule has 2 nitrogen and oxygen atoms in total. The molecule has 0 amide bonds. The Hall–Kier alpha value is -1.68. The van der Waals surface area contributed by atoms with E-state index in [9.17, 15) is 14.6 Å². The fourth-order valence-electron chi connectivity index (χ4n) is 6.12. The van der Waals surface area contributed by atoms with Gasteiger partial charge in [-0.15, -0.1) is 11.8 Å². The van der Waals surface area contributed by atoms with Gasteiger partial charge in [-0.2, -0.15) is 0 Å². The van der Waals surface area contributed by atoms with Gasteiger partial charge in [0, 0.05) is 16.1 Å². The molecule has 0 bridgehead atoms. The van der Waals surface area contributed by atoms with E-state index in [0.29, 0.717) is 22.8 Å². The van der Waals surface area contributed by atoms with Crippen molar-refractivity contribution in [2.45, 2.75) is 120 Å². The predicted octanol–water partition coefficient (Wildman–Crippen LogP) is 10.3. The predicted molar refractivity (Wildman–Crippen MR) is 157 cm³/mol. The molecule has 0 radical (unpaired) electrons. The van der Waals surface area contributed by atoms with Gasteiger partial charge in [-0.1, -0.05) is 96.8 Å². The van der Waals surface area contributed by atoms with Crippen LogP contribution in [0.1, 0.15) is 121 Å². The van der Waals surface area contributed by atoms with Crippen molar-refractivity contribution in [2.75, 3.05) is 12.4 Å². The third-order valence-corrected chi connectivity index (χ3v) is 10.4. The van der Waals surface area contributed by atoms with E-state index in [1.165, 1.54) is 80.2 Å². The first-order valence-electron chi connectivity index (χ1n) is 14.6. The quantitative estimate of drug-likeness (QED) is 0.213. The van der Waals surface area contributed by atoms with E-state index in [0.717, 1.165) is 25.0 Å². The number of alkyl halides is 1. The van der Waals surface area contributed by atoms with Crippen molar-refractivity contribution in [3.8, 4) is 11.5 Å². The van der Waals surface area contributed by atoms with Gasteiger partial charge < -0.3 is 10.2 Å². The highest BCUT2D eigenvalue weighted by Gasteiger charge is 2.41. The maximum absolute atomic E-state index is 12.4. The van der Waals surface area contributed by atoms with E-state index in [1.807, 2.05) is 36.0 Å². The standard InChI is InChI=1S/C33H49FO2S/c1-4-32(2,22-12-9-13-23-34)21-11-8-6-5-7-10-14-30-29-20-19-28(36)24-31(29)37-25-33(30,3)26-15-17-27(35)18-16-26/h15-20,24,30,35-36H,4-14,21-23,25H2,1-3H3/t30?,32?,33-/m1/s1. The Morgan fingerprint density at radius 3 is 2.11 bits per heavy atom. The molecule has 206 valence electrons. The lowest BCUT2D eigenvalue weighted by Crippen LogP contribution is -2.36. The maximum atomic E-state index is 12.4. The molecule has 2 N–H and O–H groups in total. The van der Waals surface area contributed by atoms with Crippen molar-refractivity contribution in [1.82, 2.24) is 0 Å². The average Bonchev–Trinajstić information content (AvgIpc) is 2.89. The molecule has 0 saturated carbocycles. The molecule has 3 atom stereocenters. The normalized spacial score (nSPS) is 20.9. The minimum atomic E-state index is -0.172. The van der Waals surface area contributed by atoms with Crippen LogP contribution < -0.4 is 0 Å². The summed E-state index contributed by atoms with van der Waals surface area (Å²) in [6.07, 6.45) is 15.5. The number of phenols is 2. The number of benzene rings is 2. The molecule has 1 aliphatic rings. The summed E-state index contributed by atoms with van der Waals surface area (Å²) in [6, 6.07) is 13.7. The van der Waals surface area contributed by atoms with E-state index < -0.39 is 0 Å². The van der Waals surface area contributed by atoms with Gasteiger partial charge in [-0.3, -0.25) is 4.39 Å². The van der Waals surface area contributed by atoms with Crippen LogP contribution in [0.2, 0.25) is 0 Å². The van der Waals surface area contributed by atoms with Gasteiger partial charge in [-0.05, 0) is 72.4 Å². The van der Waals surface area contributed by atoms with E-state index in [4.69, 9.17) is 0 Å². The number of unbranched alkanes of at least 4 members (excludes halogenated alkanes) is 7. The van der Waals surface area contributed by atoms with Crippen LogP contribution >= 0.6 is 11.8 Å². The second kappa shape index (κ2) is 14.5. The molecule has 4 heteroatoms. The molecule has 0 fully saturated rings. The van der Waals surface area contributed by atoms with E-state index in [-0.39, 0.29) is 12.1 Å². The average molecular weight is 529 g/mol. The SMILES string of the molecule is CCC(C)(CCCCCF)CCCCCCCCC1c2ccc(O)cc2SC[C@]1(C)c1ccc(O)cc1. The topological polar surface area (TPSA) is 40.5 Å². The van der Waals surface area contributed by atoms with Crippen LogP contribution in [0.15, 0.2) is 47.4 Å². The van der Waals surface area contributed by atoms with Gasteiger partial charge in [0.15, 0.2) is 0 Å². The van der Waals surface area contributed by atoms with Crippen molar-refractivity contribution in [3.63, 3.8) is 0 Å². The van der Waals surface area contributed by atoms with Crippen LogP contribution in [0.3, 0.4) is 0 Å². The first kappa shape index (κ1) is 29.9.